The van der Waals surface area contributed by atoms with Gasteiger partial charge in [-0.1, -0.05) is 67.0 Å². The van der Waals surface area contributed by atoms with E-state index in [1.807, 2.05) is 60.6 Å². The molecular weight excluding hydrogens is 323 g/mol. The Labute approximate surface area is 146 Å². The molecule has 0 heterocycles. The van der Waals surface area contributed by atoms with Crippen LogP contribution in [0.15, 0.2) is 12.1 Å². The maximum Gasteiger partial charge on any atom is 0.328 e. The Kier molecular flexibility index (Phi) is 6.36. The number of benzene rings is 1. The molecule has 0 aliphatic rings. The van der Waals surface area contributed by atoms with Crippen LogP contribution in [0.5, 0.6) is 5.75 Å². The summed E-state index contributed by atoms with van der Waals surface area (Å²) in [7, 11) is -4.14. The van der Waals surface area contributed by atoms with Crippen LogP contribution >= 0.6 is 7.60 Å². The SMILES string of the molecule is CCCC(Cc1cc(C(C)(C)C)c(O)c(C(C)(C)C)c1)P(=O)(O)O. The van der Waals surface area contributed by atoms with Gasteiger partial charge in [-0.2, -0.15) is 0 Å². The van der Waals surface area contributed by atoms with Gasteiger partial charge in [0.15, 0.2) is 0 Å². The van der Waals surface area contributed by atoms with Crippen molar-refractivity contribution in [2.45, 2.75) is 84.2 Å². The second-order valence-corrected chi connectivity index (χ2v) is 10.7. The van der Waals surface area contributed by atoms with E-state index >= 15 is 0 Å². The topological polar surface area (TPSA) is 77.8 Å². The Hall–Kier alpha value is -0.830. The molecule has 3 N–H and O–H groups in total. The molecule has 4 nitrogen and oxygen atoms in total. The highest BCUT2D eigenvalue weighted by Gasteiger charge is 2.31. The molecule has 0 bridgehead atoms. The highest BCUT2D eigenvalue weighted by Crippen LogP contribution is 2.46. The third-order valence-corrected chi connectivity index (χ3v) is 5.75. The molecule has 5 heteroatoms. The fraction of sp³-hybridized carbons (Fsp3) is 0.684. The maximum absolute atomic E-state index is 11.8. The average molecular weight is 356 g/mol. The molecule has 24 heavy (non-hydrogen) atoms. The molecule has 1 unspecified atom stereocenters. The van der Waals surface area contributed by atoms with Crippen molar-refractivity contribution >= 4 is 7.60 Å². The molecule has 0 saturated carbocycles. The van der Waals surface area contributed by atoms with Crippen LogP contribution in [-0.4, -0.2) is 20.6 Å². The standard InChI is InChI=1S/C19H33O4P/c1-8-9-14(24(21,22)23)10-13-11-15(18(2,3)4)17(20)16(12-13)19(5,6)7/h11-12,14,20H,8-10H2,1-7H3,(H2,21,22,23). The lowest BCUT2D eigenvalue weighted by Crippen LogP contribution is -2.19. The van der Waals surface area contributed by atoms with Crippen molar-refractivity contribution in [1.29, 1.82) is 0 Å². The normalized spacial score (nSPS) is 14.7. The minimum Gasteiger partial charge on any atom is -0.507 e. The first-order valence-corrected chi connectivity index (χ1v) is 10.3. The van der Waals surface area contributed by atoms with Crippen molar-refractivity contribution in [2.75, 3.05) is 0 Å². The van der Waals surface area contributed by atoms with Crippen molar-refractivity contribution in [3.63, 3.8) is 0 Å². The Morgan fingerprint density at radius 3 is 1.71 bits per heavy atom. The third kappa shape index (κ3) is 5.34. The Morgan fingerprint density at radius 2 is 1.42 bits per heavy atom. The summed E-state index contributed by atoms with van der Waals surface area (Å²) in [6.45, 7) is 14.1. The predicted molar refractivity (Wildman–Crippen MR) is 100.0 cm³/mol. The Morgan fingerprint density at radius 1 is 1.00 bits per heavy atom. The number of hydrogen-bond donors (Lipinski definition) is 3. The Balaban J connectivity index is 3.46. The highest BCUT2D eigenvalue weighted by molar-refractivity contribution is 7.52. The highest BCUT2D eigenvalue weighted by atomic mass is 31.2. The molecule has 0 radical (unpaired) electrons. The number of rotatable bonds is 5. The molecular formula is C19H33O4P. The van der Waals surface area contributed by atoms with E-state index in [-0.39, 0.29) is 10.8 Å². The van der Waals surface area contributed by atoms with Crippen LogP contribution in [0.4, 0.5) is 0 Å². The zero-order valence-corrected chi connectivity index (χ0v) is 16.9. The lowest BCUT2D eigenvalue weighted by molar-refractivity contribution is 0.353. The number of hydrogen-bond acceptors (Lipinski definition) is 2. The van der Waals surface area contributed by atoms with E-state index in [2.05, 4.69) is 0 Å². The van der Waals surface area contributed by atoms with Gasteiger partial charge in [-0.3, -0.25) is 4.57 Å². The van der Waals surface area contributed by atoms with Crippen molar-refractivity contribution in [3.8, 4) is 5.75 Å². The summed E-state index contributed by atoms with van der Waals surface area (Å²) in [5, 5.41) is 10.7. The third-order valence-electron chi connectivity index (χ3n) is 4.35. The summed E-state index contributed by atoms with van der Waals surface area (Å²) in [6, 6.07) is 3.81. The van der Waals surface area contributed by atoms with Gasteiger partial charge in [0.2, 0.25) is 0 Å². The quantitative estimate of drug-likeness (QED) is 0.657. The summed E-state index contributed by atoms with van der Waals surface area (Å²) < 4.78 is 11.8. The minimum atomic E-state index is -4.14. The first-order chi connectivity index (χ1) is 10.7. The van der Waals surface area contributed by atoms with Gasteiger partial charge < -0.3 is 14.9 Å². The summed E-state index contributed by atoms with van der Waals surface area (Å²) in [6.07, 6.45) is 1.54. The molecule has 0 saturated heterocycles. The van der Waals surface area contributed by atoms with E-state index in [9.17, 15) is 19.5 Å². The van der Waals surface area contributed by atoms with Gasteiger partial charge in [-0.25, -0.2) is 0 Å². The lowest BCUT2D eigenvalue weighted by Gasteiger charge is -2.29. The summed E-state index contributed by atoms with van der Waals surface area (Å²) in [5.74, 6) is 0.293. The van der Waals surface area contributed by atoms with E-state index in [1.54, 1.807) is 0 Å². The lowest BCUT2D eigenvalue weighted by atomic mass is 9.78. The first kappa shape index (κ1) is 21.2. The number of phenols is 1. The van der Waals surface area contributed by atoms with Crippen molar-refractivity contribution in [2.24, 2.45) is 0 Å². The van der Waals surface area contributed by atoms with E-state index in [0.29, 0.717) is 18.6 Å². The van der Waals surface area contributed by atoms with Crippen LogP contribution in [0.2, 0.25) is 0 Å². The molecule has 138 valence electrons. The van der Waals surface area contributed by atoms with Crippen LogP contribution in [0.1, 0.15) is 78.0 Å². The van der Waals surface area contributed by atoms with Crippen LogP contribution in [0.3, 0.4) is 0 Å². The van der Waals surface area contributed by atoms with Crippen molar-refractivity contribution < 1.29 is 19.5 Å². The summed E-state index contributed by atoms with van der Waals surface area (Å²) in [5.41, 5.74) is 1.36. The van der Waals surface area contributed by atoms with E-state index in [4.69, 9.17) is 0 Å². The van der Waals surface area contributed by atoms with E-state index in [1.165, 1.54) is 0 Å². The zero-order valence-electron chi connectivity index (χ0n) is 16.1. The Bertz CT molecular complexity index is 582. The number of phenolic OH excluding ortho intramolecular Hbond substituents is 1. The molecule has 1 atom stereocenters. The molecule has 0 aliphatic carbocycles. The fourth-order valence-electron chi connectivity index (χ4n) is 2.95. The number of aromatic hydroxyl groups is 1. The molecule has 1 aromatic carbocycles. The van der Waals surface area contributed by atoms with Gasteiger partial charge in [0.05, 0.1) is 5.66 Å². The summed E-state index contributed by atoms with van der Waals surface area (Å²) >= 11 is 0. The fourth-order valence-corrected chi connectivity index (χ4v) is 3.99. The molecule has 1 aromatic rings. The largest absolute Gasteiger partial charge is 0.507 e. The zero-order chi connectivity index (χ0) is 18.9. The van der Waals surface area contributed by atoms with Crippen molar-refractivity contribution in [1.82, 2.24) is 0 Å². The molecule has 1 rings (SSSR count). The van der Waals surface area contributed by atoms with Gasteiger partial charge in [0, 0.05) is 0 Å². The molecule has 0 fully saturated rings. The van der Waals surface area contributed by atoms with E-state index < -0.39 is 13.3 Å². The van der Waals surface area contributed by atoms with Crippen LogP contribution in [0.25, 0.3) is 0 Å². The summed E-state index contributed by atoms with van der Waals surface area (Å²) in [4.78, 5) is 19.3. The average Bonchev–Trinajstić information content (AvgIpc) is 2.36. The van der Waals surface area contributed by atoms with E-state index in [0.717, 1.165) is 23.1 Å². The van der Waals surface area contributed by atoms with Gasteiger partial charge in [0.25, 0.3) is 0 Å². The maximum atomic E-state index is 11.8. The van der Waals surface area contributed by atoms with Gasteiger partial charge in [-0.15, -0.1) is 0 Å². The molecule has 0 aromatic heterocycles. The molecule has 0 spiro atoms. The van der Waals surface area contributed by atoms with Crippen LogP contribution in [0, 0.1) is 0 Å². The van der Waals surface area contributed by atoms with Crippen LogP contribution in [-0.2, 0) is 21.8 Å². The first-order valence-electron chi connectivity index (χ1n) is 8.60. The van der Waals surface area contributed by atoms with Gasteiger partial charge >= 0.3 is 7.60 Å². The van der Waals surface area contributed by atoms with Crippen LogP contribution < -0.4 is 0 Å². The minimum absolute atomic E-state index is 0.248. The molecule has 0 aliphatic heterocycles. The molecule has 0 amide bonds. The van der Waals surface area contributed by atoms with Gasteiger partial charge in [0.1, 0.15) is 5.75 Å². The second-order valence-electron chi connectivity index (χ2n) is 8.78. The second kappa shape index (κ2) is 7.19. The predicted octanol–water partition coefficient (Wildman–Crippen LogP) is 4.88. The van der Waals surface area contributed by atoms with Gasteiger partial charge in [-0.05, 0) is 40.4 Å². The smallest absolute Gasteiger partial charge is 0.328 e. The van der Waals surface area contributed by atoms with Crippen molar-refractivity contribution in [3.05, 3.63) is 28.8 Å². The monoisotopic (exact) mass is 356 g/mol.